The van der Waals surface area contributed by atoms with Crippen LogP contribution in [-0.4, -0.2) is 16.7 Å². The van der Waals surface area contributed by atoms with E-state index in [1.807, 2.05) is 56.5 Å². The highest BCUT2D eigenvalue weighted by molar-refractivity contribution is 8.01. The van der Waals surface area contributed by atoms with Crippen LogP contribution in [0.4, 0.5) is 5.69 Å². The zero-order valence-electron chi connectivity index (χ0n) is 15.4. The molecule has 1 amide bonds. The highest BCUT2D eigenvalue weighted by Crippen LogP contribution is 2.32. The number of nitrogens with zero attached hydrogens (tertiary/aromatic N) is 1. The number of thiophene rings is 1. The molecule has 0 spiro atoms. The molecule has 0 radical (unpaired) electrons. The molecule has 3 aromatic rings. The van der Waals surface area contributed by atoms with Crippen LogP contribution in [-0.2, 0) is 4.79 Å². The molecule has 0 aliphatic rings. The molecule has 0 fully saturated rings. The Morgan fingerprint density at radius 2 is 1.93 bits per heavy atom. The molecule has 27 heavy (non-hydrogen) atoms. The van der Waals surface area contributed by atoms with Gasteiger partial charge in [0, 0.05) is 39.4 Å². The van der Waals surface area contributed by atoms with Crippen molar-refractivity contribution in [1.29, 1.82) is 0 Å². The standard InChI is InChI=1S/C20H20N2O2S3/c1-12-10-15(27-20-21-13(2)11-25-20)5-6-16(12)22-19(24)9-7-17(23)18-8-4-14(3)26-18/h4-6,8,10-11H,7,9H2,1-3H3,(H,22,24). The van der Waals surface area contributed by atoms with E-state index in [0.717, 1.165) is 35.9 Å². The van der Waals surface area contributed by atoms with Crippen LogP contribution in [0, 0.1) is 20.8 Å². The van der Waals surface area contributed by atoms with Gasteiger partial charge >= 0.3 is 0 Å². The third-order valence-electron chi connectivity index (χ3n) is 3.87. The monoisotopic (exact) mass is 416 g/mol. The average Bonchev–Trinajstić information content (AvgIpc) is 3.23. The Morgan fingerprint density at radius 1 is 1.11 bits per heavy atom. The van der Waals surface area contributed by atoms with E-state index in [4.69, 9.17) is 0 Å². The predicted octanol–water partition coefficient (Wildman–Crippen LogP) is 5.88. The number of nitrogens with one attached hydrogen (secondary N) is 1. The van der Waals surface area contributed by atoms with E-state index in [1.54, 1.807) is 23.1 Å². The largest absolute Gasteiger partial charge is 0.326 e. The second-order valence-corrected chi connectivity index (χ2v) is 9.68. The Hall–Kier alpha value is -1.96. The van der Waals surface area contributed by atoms with Gasteiger partial charge in [0.1, 0.15) is 0 Å². The van der Waals surface area contributed by atoms with Crippen LogP contribution < -0.4 is 5.32 Å². The number of amides is 1. The van der Waals surface area contributed by atoms with Crippen molar-refractivity contribution in [3.05, 3.63) is 56.7 Å². The first-order valence-electron chi connectivity index (χ1n) is 8.51. The maximum Gasteiger partial charge on any atom is 0.224 e. The van der Waals surface area contributed by atoms with E-state index < -0.39 is 0 Å². The molecule has 1 N–H and O–H groups in total. The van der Waals surface area contributed by atoms with Gasteiger partial charge in [-0.05, 0) is 56.7 Å². The lowest BCUT2D eigenvalue weighted by Crippen LogP contribution is -2.14. The first-order valence-corrected chi connectivity index (χ1v) is 11.0. The Balaban J connectivity index is 1.55. The van der Waals surface area contributed by atoms with Gasteiger partial charge in [0.2, 0.25) is 5.91 Å². The molecule has 0 aliphatic carbocycles. The van der Waals surface area contributed by atoms with Crippen molar-refractivity contribution in [3.8, 4) is 0 Å². The summed E-state index contributed by atoms with van der Waals surface area (Å²) in [5.41, 5.74) is 2.79. The molecule has 0 unspecified atom stereocenters. The lowest BCUT2D eigenvalue weighted by atomic mass is 10.1. The molecule has 3 rings (SSSR count). The molecule has 0 bridgehead atoms. The van der Waals surface area contributed by atoms with Gasteiger partial charge in [-0.2, -0.15) is 0 Å². The molecule has 2 heterocycles. The molecule has 4 nitrogen and oxygen atoms in total. The number of ketones is 1. The first-order chi connectivity index (χ1) is 12.9. The highest BCUT2D eigenvalue weighted by Gasteiger charge is 2.12. The fourth-order valence-corrected chi connectivity index (χ4v) is 5.21. The van der Waals surface area contributed by atoms with Crippen LogP contribution in [0.2, 0.25) is 0 Å². The molecule has 1 aromatic carbocycles. The zero-order chi connectivity index (χ0) is 19.4. The van der Waals surface area contributed by atoms with Crippen molar-refractivity contribution in [2.45, 2.75) is 42.8 Å². The van der Waals surface area contributed by atoms with E-state index in [0.29, 0.717) is 0 Å². The summed E-state index contributed by atoms with van der Waals surface area (Å²) in [4.78, 5) is 31.7. The van der Waals surface area contributed by atoms with E-state index in [-0.39, 0.29) is 24.5 Å². The maximum atomic E-state index is 12.2. The fraction of sp³-hybridized carbons (Fsp3) is 0.250. The minimum Gasteiger partial charge on any atom is -0.326 e. The maximum absolute atomic E-state index is 12.2. The average molecular weight is 417 g/mol. The van der Waals surface area contributed by atoms with Crippen molar-refractivity contribution in [2.75, 3.05) is 5.32 Å². The summed E-state index contributed by atoms with van der Waals surface area (Å²) < 4.78 is 1.01. The quantitative estimate of drug-likeness (QED) is 0.488. The Morgan fingerprint density at radius 3 is 2.56 bits per heavy atom. The van der Waals surface area contributed by atoms with Crippen molar-refractivity contribution in [3.63, 3.8) is 0 Å². The summed E-state index contributed by atoms with van der Waals surface area (Å²) in [5, 5.41) is 4.94. The van der Waals surface area contributed by atoms with Crippen molar-refractivity contribution in [1.82, 2.24) is 4.98 Å². The SMILES string of the molecule is Cc1csc(Sc2ccc(NC(=O)CCC(=O)c3ccc(C)s3)c(C)c2)n1. The number of hydrogen-bond donors (Lipinski definition) is 1. The molecular weight excluding hydrogens is 396 g/mol. The number of carbonyl (C=O) groups is 2. The normalized spacial score (nSPS) is 10.8. The summed E-state index contributed by atoms with van der Waals surface area (Å²) in [6, 6.07) is 9.67. The third-order valence-corrected chi connectivity index (χ3v) is 6.96. The summed E-state index contributed by atoms with van der Waals surface area (Å²) >= 11 is 4.71. The molecule has 140 valence electrons. The Labute approximate surface area is 171 Å². The van der Waals surface area contributed by atoms with Gasteiger partial charge < -0.3 is 5.32 Å². The Kier molecular flexibility index (Phi) is 6.46. The number of hydrogen-bond acceptors (Lipinski definition) is 6. The lowest BCUT2D eigenvalue weighted by molar-refractivity contribution is -0.116. The van der Waals surface area contributed by atoms with Gasteiger partial charge in [-0.25, -0.2) is 4.98 Å². The molecule has 0 saturated carbocycles. The second kappa shape index (κ2) is 8.82. The third kappa shape index (κ3) is 5.51. The van der Waals surface area contributed by atoms with Gasteiger partial charge in [-0.1, -0.05) is 11.8 Å². The van der Waals surface area contributed by atoms with Gasteiger partial charge in [0.15, 0.2) is 10.1 Å². The molecule has 2 aromatic heterocycles. The van der Waals surface area contributed by atoms with Crippen LogP contribution in [0.1, 0.15) is 38.6 Å². The highest BCUT2D eigenvalue weighted by atomic mass is 32.2. The molecule has 0 saturated heterocycles. The van der Waals surface area contributed by atoms with Crippen LogP contribution in [0.3, 0.4) is 0 Å². The number of rotatable bonds is 7. The molecule has 7 heteroatoms. The van der Waals surface area contributed by atoms with E-state index in [1.165, 1.54) is 11.3 Å². The van der Waals surface area contributed by atoms with E-state index in [2.05, 4.69) is 10.3 Å². The minimum absolute atomic E-state index is 0.0189. The van der Waals surface area contributed by atoms with E-state index >= 15 is 0 Å². The van der Waals surface area contributed by atoms with Crippen molar-refractivity contribution in [2.24, 2.45) is 0 Å². The summed E-state index contributed by atoms with van der Waals surface area (Å²) in [6.07, 6.45) is 0.409. The first kappa shape index (κ1) is 19.8. The summed E-state index contributed by atoms with van der Waals surface area (Å²) in [6.45, 7) is 5.91. The second-order valence-electron chi connectivity index (χ2n) is 6.22. The van der Waals surface area contributed by atoms with E-state index in [9.17, 15) is 9.59 Å². The zero-order valence-corrected chi connectivity index (χ0v) is 17.8. The van der Waals surface area contributed by atoms with Gasteiger partial charge in [-0.3, -0.25) is 9.59 Å². The van der Waals surface area contributed by atoms with Crippen LogP contribution in [0.5, 0.6) is 0 Å². The number of aromatic nitrogens is 1. The number of Topliss-reactive ketones (excluding diaryl/α,β-unsaturated/α-hetero) is 1. The smallest absolute Gasteiger partial charge is 0.224 e. The lowest BCUT2D eigenvalue weighted by Gasteiger charge is -2.09. The van der Waals surface area contributed by atoms with Gasteiger partial charge in [0.25, 0.3) is 0 Å². The van der Waals surface area contributed by atoms with Crippen molar-refractivity contribution < 1.29 is 9.59 Å². The Bertz CT molecular complexity index is 975. The number of benzene rings is 1. The number of aryl methyl sites for hydroxylation is 3. The van der Waals surface area contributed by atoms with Gasteiger partial charge in [-0.15, -0.1) is 22.7 Å². The fourth-order valence-electron chi connectivity index (χ4n) is 2.47. The molecule has 0 atom stereocenters. The summed E-state index contributed by atoms with van der Waals surface area (Å²) in [7, 11) is 0. The topological polar surface area (TPSA) is 59.1 Å². The number of thiazole rings is 1. The van der Waals surface area contributed by atoms with Crippen LogP contribution in [0.15, 0.2) is 44.9 Å². The molecular formula is C20H20N2O2S3. The van der Waals surface area contributed by atoms with Crippen LogP contribution in [0.25, 0.3) is 0 Å². The minimum atomic E-state index is -0.143. The number of anilines is 1. The molecule has 0 aliphatic heterocycles. The predicted molar refractivity (Wildman–Crippen MR) is 113 cm³/mol. The van der Waals surface area contributed by atoms with Crippen LogP contribution >= 0.6 is 34.4 Å². The number of carbonyl (C=O) groups excluding carboxylic acids is 2. The van der Waals surface area contributed by atoms with Crippen molar-refractivity contribution >= 4 is 51.8 Å². The van der Waals surface area contributed by atoms with Gasteiger partial charge in [0.05, 0.1) is 4.88 Å². The summed E-state index contributed by atoms with van der Waals surface area (Å²) in [5.74, 6) is -0.124.